The van der Waals surface area contributed by atoms with E-state index in [9.17, 15) is 0 Å². The predicted octanol–water partition coefficient (Wildman–Crippen LogP) is 1.86. The molecule has 5 nitrogen and oxygen atoms in total. The summed E-state index contributed by atoms with van der Waals surface area (Å²) in [5.74, 6) is 1.10. The van der Waals surface area contributed by atoms with Gasteiger partial charge in [0.25, 0.3) is 0 Å². The smallest absolute Gasteiger partial charge is 0.159 e. The summed E-state index contributed by atoms with van der Waals surface area (Å²) in [6.07, 6.45) is 1.66. The van der Waals surface area contributed by atoms with Crippen LogP contribution in [0, 0.1) is 0 Å². The molecule has 1 aromatic carbocycles. The van der Waals surface area contributed by atoms with Gasteiger partial charge in [-0.05, 0) is 18.7 Å². The number of fused-ring (bicyclic) bond motifs is 1. The van der Waals surface area contributed by atoms with Crippen molar-refractivity contribution in [3.63, 3.8) is 0 Å². The molecule has 0 radical (unpaired) electrons. The number of para-hydroxylation sites is 2. The van der Waals surface area contributed by atoms with Crippen LogP contribution in [0.1, 0.15) is 19.2 Å². The van der Waals surface area contributed by atoms with Gasteiger partial charge in [0.05, 0.1) is 24.2 Å². The number of likely N-dealkylation sites (N-methyl/N-ethyl adjacent to an activating group) is 1. The summed E-state index contributed by atoms with van der Waals surface area (Å²) in [6.45, 7) is 4.46. The third-order valence-electron chi connectivity index (χ3n) is 3.97. The summed E-state index contributed by atoms with van der Waals surface area (Å²) in [6, 6.07) is 8.56. The molecule has 0 saturated carbocycles. The van der Waals surface area contributed by atoms with Gasteiger partial charge in [-0.3, -0.25) is 0 Å². The Kier molecular flexibility index (Phi) is 4.53. The van der Waals surface area contributed by atoms with Gasteiger partial charge in [-0.25, -0.2) is 4.98 Å². The van der Waals surface area contributed by atoms with E-state index in [-0.39, 0.29) is 6.29 Å². The highest BCUT2D eigenvalue weighted by molar-refractivity contribution is 5.75. The standard InChI is InChI=1S/C16H23N3O2/c1-3-17-12(11-16-20-8-9-21-16)10-15-18-13-6-4-5-7-14(13)19(15)2/h4-7,12,16-17H,3,8-11H2,1-2H3. The maximum absolute atomic E-state index is 5.57. The number of ether oxygens (including phenoxy) is 2. The normalized spacial score (nSPS) is 17.6. The largest absolute Gasteiger partial charge is 0.350 e. The van der Waals surface area contributed by atoms with Crippen molar-refractivity contribution in [3.8, 4) is 0 Å². The molecule has 1 unspecified atom stereocenters. The minimum absolute atomic E-state index is 0.0799. The molecule has 21 heavy (non-hydrogen) atoms. The Hall–Kier alpha value is -1.43. The van der Waals surface area contributed by atoms with Gasteiger partial charge in [-0.2, -0.15) is 0 Å². The van der Waals surface area contributed by atoms with E-state index >= 15 is 0 Å². The van der Waals surface area contributed by atoms with Crippen LogP contribution in [0.3, 0.4) is 0 Å². The molecule has 1 fully saturated rings. The SMILES string of the molecule is CCNC(Cc1nc2ccccc2n1C)CC1OCCO1. The Morgan fingerprint density at radius 2 is 2.10 bits per heavy atom. The van der Waals surface area contributed by atoms with Gasteiger partial charge >= 0.3 is 0 Å². The Labute approximate surface area is 125 Å². The molecule has 2 aromatic rings. The summed E-state index contributed by atoms with van der Waals surface area (Å²) in [4.78, 5) is 4.75. The van der Waals surface area contributed by atoms with E-state index in [4.69, 9.17) is 14.5 Å². The first kappa shape index (κ1) is 14.5. The van der Waals surface area contributed by atoms with Gasteiger partial charge in [0.2, 0.25) is 0 Å². The summed E-state index contributed by atoms with van der Waals surface area (Å²) in [5.41, 5.74) is 2.23. The second-order valence-electron chi connectivity index (χ2n) is 5.44. The molecule has 1 atom stereocenters. The molecule has 2 heterocycles. The highest BCUT2D eigenvalue weighted by Crippen LogP contribution is 2.18. The topological polar surface area (TPSA) is 48.3 Å². The van der Waals surface area contributed by atoms with E-state index in [0.29, 0.717) is 19.3 Å². The van der Waals surface area contributed by atoms with Crippen molar-refractivity contribution in [2.45, 2.75) is 32.1 Å². The lowest BCUT2D eigenvalue weighted by Crippen LogP contribution is -2.35. The Bertz CT molecular complexity index is 590. The zero-order valence-corrected chi connectivity index (χ0v) is 12.7. The molecule has 5 heteroatoms. The third-order valence-corrected chi connectivity index (χ3v) is 3.97. The van der Waals surface area contributed by atoms with Gasteiger partial charge in [-0.15, -0.1) is 0 Å². The lowest BCUT2D eigenvalue weighted by Gasteiger charge is -2.20. The minimum atomic E-state index is -0.0799. The van der Waals surface area contributed by atoms with E-state index in [1.54, 1.807) is 0 Å². The molecule has 1 aromatic heterocycles. The lowest BCUT2D eigenvalue weighted by molar-refractivity contribution is -0.0526. The first-order chi connectivity index (χ1) is 10.3. The Balaban J connectivity index is 1.75. The number of hydrogen-bond acceptors (Lipinski definition) is 4. The van der Waals surface area contributed by atoms with Crippen LogP contribution in [-0.2, 0) is 22.9 Å². The first-order valence-electron chi connectivity index (χ1n) is 7.65. The van der Waals surface area contributed by atoms with Gasteiger partial charge in [-0.1, -0.05) is 19.1 Å². The number of imidazole rings is 1. The van der Waals surface area contributed by atoms with E-state index in [2.05, 4.69) is 42.1 Å². The molecule has 3 rings (SSSR count). The second-order valence-corrected chi connectivity index (χ2v) is 5.44. The Morgan fingerprint density at radius 3 is 2.81 bits per heavy atom. The molecule has 114 valence electrons. The maximum Gasteiger partial charge on any atom is 0.159 e. The summed E-state index contributed by atoms with van der Waals surface area (Å²) in [5, 5.41) is 3.52. The van der Waals surface area contributed by atoms with Gasteiger partial charge < -0.3 is 19.4 Å². The number of nitrogens with zero attached hydrogens (tertiary/aromatic N) is 2. The van der Waals surface area contributed by atoms with Crippen LogP contribution in [0.25, 0.3) is 11.0 Å². The third kappa shape index (κ3) is 3.26. The number of hydrogen-bond donors (Lipinski definition) is 1. The van der Waals surface area contributed by atoms with Crippen molar-refractivity contribution in [1.82, 2.24) is 14.9 Å². The molecule has 0 bridgehead atoms. The van der Waals surface area contributed by atoms with Crippen LogP contribution in [0.5, 0.6) is 0 Å². The average molecular weight is 289 g/mol. The molecular weight excluding hydrogens is 266 g/mol. The van der Waals surface area contributed by atoms with Crippen LogP contribution in [-0.4, -0.2) is 41.6 Å². The summed E-state index contributed by atoms with van der Waals surface area (Å²) < 4.78 is 13.3. The number of benzene rings is 1. The monoisotopic (exact) mass is 289 g/mol. The quantitative estimate of drug-likeness (QED) is 0.882. The van der Waals surface area contributed by atoms with Crippen LogP contribution in [0.15, 0.2) is 24.3 Å². The molecule has 0 amide bonds. The van der Waals surface area contributed by atoms with Crippen LogP contribution in [0.4, 0.5) is 0 Å². The molecule has 1 saturated heterocycles. The molecular formula is C16H23N3O2. The van der Waals surface area contributed by atoms with Crippen LogP contribution >= 0.6 is 0 Å². The minimum Gasteiger partial charge on any atom is -0.350 e. The summed E-state index contributed by atoms with van der Waals surface area (Å²) in [7, 11) is 2.08. The van der Waals surface area contributed by atoms with Crippen molar-refractivity contribution in [2.75, 3.05) is 19.8 Å². The highest BCUT2D eigenvalue weighted by atomic mass is 16.7. The average Bonchev–Trinajstić information content (AvgIpc) is 3.09. The highest BCUT2D eigenvalue weighted by Gasteiger charge is 2.22. The molecule has 1 aliphatic heterocycles. The van der Waals surface area contributed by atoms with Crippen LogP contribution in [0.2, 0.25) is 0 Å². The van der Waals surface area contributed by atoms with Crippen LogP contribution < -0.4 is 5.32 Å². The van der Waals surface area contributed by atoms with Crippen molar-refractivity contribution in [2.24, 2.45) is 7.05 Å². The van der Waals surface area contributed by atoms with E-state index < -0.39 is 0 Å². The zero-order chi connectivity index (χ0) is 14.7. The fourth-order valence-corrected chi connectivity index (χ4v) is 2.90. The number of aryl methyl sites for hydroxylation is 1. The van der Waals surface area contributed by atoms with Crippen molar-refractivity contribution in [3.05, 3.63) is 30.1 Å². The molecule has 1 N–H and O–H groups in total. The maximum atomic E-state index is 5.57. The molecule has 0 aliphatic carbocycles. The van der Waals surface area contributed by atoms with E-state index in [0.717, 1.165) is 30.7 Å². The first-order valence-corrected chi connectivity index (χ1v) is 7.65. The van der Waals surface area contributed by atoms with Crippen molar-refractivity contribution < 1.29 is 9.47 Å². The lowest BCUT2D eigenvalue weighted by atomic mass is 10.1. The van der Waals surface area contributed by atoms with Crippen molar-refractivity contribution in [1.29, 1.82) is 0 Å². The van der Waals surface area contributed by atoms with Gasteiger partial charge in [0.15, 0.2) is 6.29 Å². The van der Waals surface area contributed by atoms with Gasteiger partial charge in [0.1, 0.15) is 5.82 Å². The van der Waals surface area contributed by atoms with Gasteiger partial charge in [0, 0.05) is 25.9 Å². The fraction of sp³-hybridized carbons (Fsp3) is 0.562. The van der Waals surface area contributed by atoms with E-state index in [1.165, 1.54) is 5.52 Å². The zero-order valence-electron chi connectivity index (χ0n) is 12.7. The summed E-state index contributed by atoms with van der Waals surface area (Å²) >= 11 is 0. The number of nitrogens with one attached hydrogen (secondary N) is 1. The Morgan fingerprint density at radius 1 is 1.33 bits per heavy atom. The van der Waals surface area contributed by atoms with Crippen molar-refractivity contribution >= 4 is 11.0 Å². The fourth-order valence-electron chi connectivity index (χ4n) is 2.90. The molecule has 0 spiro atoms. The number of aromatic nitrogens is 2. The van der Waals surface area contributed by atoms with E-state index in [1.807, 2.05) is 6.07 Å². The number of rotatable bonds is 6. The predicted molar refractivity (Wildman–Crippen MR) is 82.2 cm³/mol. The molecule has 1 aliphatic rings. The second kappa shape index (κ2) is 6.56.